The van der Waals surface area contributed by atoms with E-state index in [9.17, 15) is 4.79 Å². The van der Waals surface area contributed by atoms with Crippen molar-refractivity contribution < 1.29 is 9.53 Å². The van der Waals surface area contributed by atoms with Crippen LogP contribution in [0.5, 0.6) is 5.75 Å². The van der Waals surface area contributed by atoms with Gasteiger partial charge in [-0.25, -0.2) is 4.68 Å². The minimum atomic E-state index is -0.109. The van der Waals surface area contributed by atoms with Gasteiger partial charge >= 0.3 is 0 Å². The second kappa shape index (κ2) is 7.91. The molecular formula is C21H31N5O2. The number of carbonyl (C=O) groups is 1. The molecule has 1 fully saturated rings. The smallest absolute Gasteiger partial charge is 0.276 e. The molecule has 0 radical (unpaired) electrons. The van der Waals surface area contributed by atoms with Crippen LogP contribution in [0.1, 0.15) is 57.2 Å². The molecule has 7 nitrogen and oxygen atoms in total. The van der Waals surface area contributed by atoms with Gasteiger partial charge in [0, 0.05) is 19.1 Å². The summed E-state index contributed by atoms with van der Waals surface area (Å²) in [5, 5.41) is 8.50. The number of hydrogen-bond acceptors (Lipinski definition) is 5. The maximum atomic E-state index is 13.1. The summed E-state index contributed by atoms with van der Waals surface area (Å²) in [6.45, 7) is 11.5. The average molecular weight is 386 g/mol. The van der Waals surface area contributed by atoms with E-state index in [1.54, 1.807) is 4.68 Å². The van der Waals surface area contributed by atoms with Crippen LogP contribution in [0.2, 0.25) is 0 Å². The van der Waals surface area contributed by atoms with Crippen molar-refractivity contribution in [1.82, 2.24) is 19.9 Å². The molecule has 2 aromatic rings. The lowest BCUT2D eigenvalue weighted by Crippen LogP contribution is -2.54. The van der Waals surface area contributed by atoms with Crippen LogP contribution in [0.4, 0.5) is 0 Å². The molecule has 1 saturated heterocycles. The first kappa shape index (κ1) is 20.3. The molecule has 1 aliphatic rings. The zero-order valence-electron chi connectivity index (χ0n) is 17.5. The maximum Gasteiger partial charge on any atom is 0.276 e. The lowest BCUT2D eigenvalue weighted by atomic mass is 9.79. The van der Waals surface area contributed by atoms with Crippen molar-refractivity contribution in [3.05, 3.63) is 35.7 Å². The highest BCUT2D eigenvalue weighted by atomic mass is 16.5. The molecule has 28 heavy (non-hydrogen) atoms. The van der Waals surface area contributed by atoms with Crippen LogP contribution in [0.15, 0.2) is 24.3 Å². The predicted molar refractivity (Wildman–Crippen MR) is 109 cm³/mol. The Kier molecular flexibility index (Phi) is 5.74. The van der Waals surface area contributed by atoms with Gasteiger partial charge < -0.3 is 15.4 Å². The first-order valence-electron chi connectivity index (χ1n) is 9.99. The third-order valence-electron chi connectivity index (χ3n) is 5.35. The van der Waals surface area contributed by atoms with Gasteiger partial charge in [0.1, 0.15) is 5.75 Å². The lowest BCUT2D eigenvalue weighted by Gasteiger charge is -2.42. The van der Waals surface area contributed by atoms with E-state index in [0.29, 0.717) is 25.2 Å². The van der Waals surface area contributed by atoms with Crippen LogP contribution >= 0.6 is 0 Å². The Morgan fingerprint density at radius 1 is 1.32 bits per heavy atom. The summed E-state index contributed by atoms with van der Waals surface area (Å²) in [5.41, 5.74) is 8.21. The van der Waals surface area contributed by atoms with Crippen LogP contribution in [0, 0.1) is 5.41 Å². The monoisotopic (exact) mass is 385 g/mol. The number of benzene rings is 1. The molecule has 1 aromatic heterocycles. The summed E-state index contributed by atoms with van der Waals surface area (Å²) in [6.07, 6.45) is 1.58. The Balaban J connectivity index is 1.85. The Bertz CT molecular complexity index is 826. The van der Waals surface area contributed by atoms with Crippen LogP contribution in [-0.2, 0) is 6.42 Å². The summed E-state index contributed by atoms with van der Waals surface area (Å²) in [7, 11) is 0. The van der Waals surface area contributed by atoms with Crippen molar-refractivity contribution >= 4 is 5.91 Å². The van der Waals surface area contributed by atoms with Gasteiger partial charge in [0.25, 0.3) is 5.91 Å². The van der Waals surface area contributed by atoms with E-state index in [0.717, 1.165) is 23.6 Å². The van der Waals surface area contributed by atoms with Crippen LogP contribution in [-0.4, -0.2) is 51.0 Å². The predicted octanol–water partition coefficient (Wildman–Crippen LogP) is 2.82. The number of piperidine rings is 1. The Morgan fingerprint density at radius 2 is 2.00 bits per heavy atom. The van der Waals surface area contributed by atoms with E-state index >= 15 is 0 Å². The summed E-state index contributed by atoms with van der Waals surface area (Å²) >= 11 is 0. The van der Waals surface area contributed by atoms with Crippen molar-refractivity contribution in [3.8, 4) is 11.4 Å². The summed E-state index contributed by atoms with van der Waals surface area (Å²) in [5.74, 6) is 0.739. The second-order valence-electron chi connectivity index (χ2n) is 8.42. The molecule has 3 rings (SSSR count). The zero-order valence-corrected chi connectivity index (χ0v) is 17.5. The van der Waals surface area contributed by atoms with Gasteiger partial charge in [-0.3, -0.25) is 4.79 Å². The number of likely N-dealkylation sites (tertiary alicyclic amines) is 1. The van der Waals surface area contributed by atoms with Gasteiger partial charge in [0.15, 0.2) is 5.69 Å². The molecule has 1 aromatic carbocycles. The van der Waals surface area contributed by atoms with Crippen LogP contribution in [0.3, 0.4) is 0 Å². The molecule has 1 atom stereocenters. The number of hydrogen-bond donors (Lipinski definition) is 1. The van der Waals surface area contributed by atoms with Gasteiger partial charge in [-0.15, -0.1) is 5.10 Å². The van der Waals surface area contributed by atoms with Crippen molar-refractivity contribution in [3.63, 3.8) is 0 Å². The largest absolute Gasteiger partial charge is 0.491 e. The molecule has 0 bridgehead atoms. The van der Waals surface area contributed by atoms with Crippen molar-refractivity contribution in [1.29, 1.82) is 0 Å². The number of aromatic nitrogens is 3. The van der Waals surface area contributed by atoms with Crippen LogP contribution in [0.25, 0.3) is 5.69 Å². The Labute approximate surface area is 166 Å². The number of ether oxygens (including phenoxy) is 1. The highest BCUT2D eigenvalue weighted by Gasteiger charge is 2.37. The van der Waals surface area contributed by atoms with Gasteiger partial charge in [0.2, 0.25) is 0 Å². The normalized spacial score (nSPS) is 19.1. The van der Waals surface area contributed by atoms with Gasteiger partial charge in [0.05, 0.1) is 17.5 Å². The molecule has 2 N–H and O–H groups in total. The van der Waals surface area contributed by atoms with E-state index < -0.39 is 0 Å². The molecule has 7 heteroatoms. The molecule has 152 valence electrons. The molecule has 1 unspecified atom stereocenters. The highest BCUT2D eigenvalue weighted by Crippen LogP contribution is 2.29. The molecular weight excluding hydrogens is 354 g/mol. The van der Waals surface area contributed by atoms with Gasteiger partial charge in [-0.05, 0) is 56.4 Å². The molecule has 0 aliphatic carbocycles. The second-order valence-corrected chi connectivity index (χ2v) is 8.42. The third-order valence-corrected chi connectivity index (χ3v) is 5.35. The van der Waals surface area contributed by atoms with Crippen LogP contribution < -0.4 is 10.5 Å². The first-order chi connectivity index (χ1) is 13.2. The molecule has 2 heterocycles. The quantitative estimate of drug-likeness (QED) is 0.855. The van der Waals surface area contributed by atoms with E-state index in [-0.39, 0.29) is 23.5 Å². The number of carbonyl (C=O) groups excluding carboxylic acids is 1. The summed E-state index contributed by atoms with van der Waals surface area (Å²) in [6, 6.07) is 7.79. The average Bonchev–Trinajstić information content (AvgIpc) is 3.07. The van der Waals surface area contributed by atoms with E-state index in [2.05, 4.69) is 24.2 Å². The SMILES string of the molecule is CCc1c(C(=O)N2CCC(N)C(C)(C)C2)nnn1-c1ccc(OC(C)C)cc1. The minimum absolute atomic E-state index is 0.0668. The standard InChI is InChI=1S/C21H31N5O2/c1-6-17-19(20(27)25-12-11-18(22)21(4,5)13-25)23-24-26(17)15-7-9-16(10-8-15)28-14(2)3/h7-10,14,18H,6,11-13,22H2,1-5H3. The van der Waals surface area contributed by atoms with E-state index in [1.807, 2.05) is 49.9 Å². The zero-order chi connectivity index (χ0) is 20.5. The van der Waals surface area contributed by atoms with Crippen molar-refractivity contribution in [2.24, 2.45) is 11.1 Å². The molecule has 0 spiro atoms. The Hall–Kier alpha value is -2.41. The molecule has 1 aliphatic heterocycles. The van der Waals surface area contributed by atoms with E-state index in [4.69, 9.17) is 10.5 Å². The van der Waals surface area contributed by atoms with Gasteiger partial charge in [-0.1, -0.05) is 26.0 Å². The number of amides is 1. The van der Waals surface area contributed by atoms with Gasteiger partial charge in [-0.2, -0.15) is 0 Å². The minimum Gasteiger partial charge on any atom is -0.491 e. The lowest BCUT2D eigenvalue weighted by molar-refractivity contribution is 0.0526. The fraction of sp³-hybridized carbons (Fsp3) is 0.571. The van der Waals surface area contributed by atoms with Crippen molar-refractivity contribution in [2.75, 3.05) is 13.1 Å². The maximum absolute atomic E-state index is 13.1. The molecule has 1 amide bonds. The summed E-state index contributed by atoms with van der Waals surface area (Å²) in [4.78, 5) is 15.0. The fourth-order valence-corrected chi connectivity index (χ4v) is 3.63. The number of nitrogens with two attached hydrogens (primary N) is 1. The topological polar surface area (TPSA) is 86.3 Å². The number of rotatable bonds is 5. The Morgan fingerprint density at radius 3 is 2.57 bits per heavy atom. The summed E-state index contributed by atoms with van der Waals surface area (Å²) < 4.78 is 7.44. The van der Waals surface area contributed by atoms with Crippen molar-refractivity contribution in [2.45, 2.75) is 59.6 Å². The molecule has 0 saturated carbocycles. The third kappa shape index (κ3) is 4.04. The fourth-order valence-electron chi connectivity index (χ4n) is 3.63. The highest BCUT2D eigenvalue weighted by molar-refractivity contribution is 5.93. The first-order valence-corrected chi connectivity index (χ1v) is 9.99. The van der Waals surface area contributed by atoms with E-state index in [1.165, 1.54) is 0 Å². The number of nitrogens with zero attached hydrogens (tertiary/aromatic N) is 4.